The van der Waals surface area contributed by atoms with E-state index in [1.165, 1.54) is 0 Å². The lowest BCUT2D eigenvalue weighted by molar-refractivity contribution is 0.213. The van der Waals surface area contributed by atoms with Crippen LogP contribution in [0.25, 0.3) is 4.85 Å². The lowest BCUT2D eigenvalue weighted by Crippen LogP contribution is -2.46. The molecule has 0 atom stereocenters. The van der Waals surface area contributed by atoms with E-state index < -0.39 is 15.4 Å². The van der Waals surface area contributed by atoms with E-state index in [2.05, 4.69) is 4.85 Å². The fourth-order valence-electron chi connectivity index (χ4n) is 1.91. The van der Waals surface area contributed by atoms with Crippen molar-refractivity contribution in [3.05, 3.63) is 11.4 Å². The van der Waals surface area contributed by atoms with Crippen molar-refractivity contribution in [1.29, 1.82) is 0 Å². The van der Waals surface area contributed by atoms with Crippen LogP contribution in [0.1, 0.15) is 33.6 Å². The van der Waals surface area contributed by atoms with E-state index in [0.717, 1.165) is 0 Å². The summed E-state index contributed by atoms with van der Waals surface area (Å²) >= 11 is 0. The predicted octanol–water partition coefficient (Wildman–Crippen LogP) is 1.90. The molecule has 3 nitrogen and oxygen atoms in total. The molecule has 0 aromatic rings. The minimum absolute atomic E-state index is 0.134. The molecule has 0 bridgehead atoms. The number of rotatable bonds is 0. The molecule has 14 heavy (non-hydrogen) atoms. The molecule has 0 amide bonds. The van der Waals surface area contributed by atoms with Crippen LogP contribution in [0.2, 0.25) is 0 Å². The van der Waals surface area contributed by atoms with Crippen LogP contribution >= 0.6 is 0 Å². The number of sulfone groups is 1. The highest BCUT2D eigenvalue weighted by Gasteiger charge is 2.51. The maximum absolute atomic E-state index is 11.3. The van der Waals surface area contributed by atoms with Crippen LogP contribution in [0, 0.1) is 12.0 Å². The number of nitrogens with zero attached hydrogens (tertiary/aromatic N) is 1. The van der Waals surface area contributed by atoms with E-state index in [0.29, 0.717) is 12.8 Å². The van der Waals surface area contributed by atoms with E-state index in [4.69, 9.17) is 6.57 Å². The molecule has 80 valence electrons. The smallest absolute Gasteiger partial charge is 0.239 e. The maximum Gasteiger partial charge on any atom is 0.239 e. The molecular formula is C10H17NO2S. The van der Waals surface area contributed by atoms with E-state index in [1.54, 1.807) is 0 Å². The molecule has 1 aliphatic rings. The van der Waals surface area contributed by atoms with Gasteiger partial charge in [0.15, 0.2) is 9.84 Å². The Labute approximate surface area is 86.2 Å². The Morgan fingerprint density at radius 1 is 1.21 bits per heavy atom. The summed E-state index contributed by atoms with van der Waals surface area (Å²) in [5.41, 5.74) is -0.608. The first kappa shape index (κ1) is 11.5. The summed E-state index contributed by atoms with van der Waals surface area (Å²) in [5.74, 6) is 0.347. The van der Waals surface area contributed by atoms with Gasteiger partial charge >= 0.3 is 0 Å². The van der Waals surface area contributed by atoms with Crippen molar-refractivity contribution in [2.24, 2.45) is 5.41 Å². The number of hydrogen-bond donors (Lipinski definition) is 0. The lowest BCUT2D eigenvalue weighted by Gasteiger charge is -2.36. The summed E-state index contributed by atoms with van der Waals surface area (Å²) in [7, 11) is -2.87. The first-order valence-electron chi connectivity index (χ1n) is 4.82. The van der Waals surface area contributed by atoms with E-state index >= 15 is 0 Å². The Morgan fingerprint density at radius 2 is 1.64 bits per heavy atom. The van der Waals surface area contributed by atoms with Gasteiger partial charge in [-0.25, -0.2) is 15.0 Å². The predicted molar refractivity (Wildman–Crippen MR) is 56.7 cm³/mol. The molecule has 0 radical (unpaired) electrons. The highest BCUT2D eigenvalue weighted by molar-refractivity contribution is 7.91. The Kier molecular flexibility index (Phi) is 2.66. The van der Waals surface area contributed by atoms with Crippen molar-refractivity contribution >= 4 is 9.84 Å². The Morgan fingerprint density at radius 3 is 1.93 bits per heavy atom. The van der Waals surface area contributed by atoms with Gasteiger partial charge < -0.3 is 4.85 Å². The summed E-state index contributed by atoms with van der Waals surface area (Å²) in [6.07, 6.45) is 0.977. The van der Waals surface area contributed by atoms with Crippen molar-refractivity contribution < 1.29 is 8.42 Å². The third-order valence-electron chi connectivity index (χ3n) is 3.26. The summed E-state index contributed by atoms with van der Waals surface area (Å²) in [6.45, 7) is 13.3. The second kappa shape index (κ2) is 3.23. The zero-order chi connectivity index (χ0) is 11.0. The zero-order valence-corrected chi connectivity index (χ0v) is 9.82. The van der Waals surface area contributed by atoms with Crippen LogP contribution in [0.3, 0.4) is 0 Å². The molecule has 0 aromatic carbocycles. The van der Waals surface area contributed by atoms with E-state index in [-0.39, 0.29) is 16.9 Å². The van der Waals surface area contributed by atoms with Crippen molar-refractivity contribution in [3.8, 4) is 0 Å². The molecule has 4 heteroatoms. The maximum atomic E-state index is 11.3. The highest BCUT2D eigenvalue weighted by Crippen LogP contribution is 2.42. The summed E-state index contributed by atoms with van der Waals surface area (Å²) in [5, 5.41) is 0. The average molecular weight is 215 g/mol. The SMILES string of the molecule is [C-]#[N+]C1(C(C)(C)C)CCS(=O)(=O)CC1. The molecule has 0 spiro atoms. The molecular weight excluding hydrogens is 198 g/mol. The quantitative estimate of drug-likeness (QED) is 0.579. The van der Waals surface area contributed by atoms with Crippen LogP contribution in [0.5, 0.6) is 0 Å². The Bertz CT molecular complexity index is 343. The van der Waals surface area contributed by atoms with E-state index in [9.17, 15) is 8.42 Å². The monoisotopic (exact) mass is 215 g/mol. The van der Waals surface area contributed by atoms with Gasteiger partial charge in [0.25, 0.3) is 0 Å². The van der Waals surface area contributed by atoms with Gasteiger partial charge in [-0.1, -0.05) is 20.8 Å². The first-order valence-corrected chi connectivity index (χ1v) is 6.64. The van der Waals surface area contributed by atoms with Crippen LogP contribution in [-0.4, -0.2) is 25.5 Å². The lowest BCUT2D eigenvalue weighted by atomic mass is 9.70. The highest BCUT2D eigenvalue weighted by atomic mass is 32.2. The van der Waals surface area contributed by atoms with Gasteiger partial charge in [-0.3, -0.25) is 0 Å². The Hall–Kier alpha value is -0.560. The average Bonchev–Trinajstić information content (AvgIpc) is 2.03. The van der Waals surface area contributed by atoms with Gasteiger partial charge in [-0.15, -0.1) is 0 Å². The van der Waals surface area contributed by atoms with Crippen molar-refractivity contribution in [2.45, 2.75) is 39.2 Å². The molecule has 1 aliphatic heterocycles. The number of hydrogen-bond acceptors (Lipinski definition) is 2. The molecule has 0 aliphatic carbocycles. The largest absolute Gasteiger partial charge is 0.310 e. The van der Waals surface area contributed by atoms with Crippen LogP contribution < -0.4 is 0 Å². The molecule has 1 fully saturated rings. The summed E-state index contributed by atoms with van der Waals surface area (Å²) < 4.78 is 22.6. The van der Waals surface area contributed by atoms with Crippen LogP contribution in [0.15, 0.2) is 0 Å². The fraction of sp³-hybridized carbons (Fsp3) is 0.900. The summed E-state index contributed by atoms with van der Waals surface area (Å²) in [6, 6.07) is 0. The van der Waals surface area contributed by atoms with Gasteiger partial charge in [-0.05, 0) is 0 Å². The second-order valence-electron chi connectivity index (χ2n) is 5.05. The van der Waals surface area contributed by atoms with Gasteiger partial charge in [0.05, 0.1) is 11.5 Å². The zero-order valence-electron chi connectivity index (χ0n) is 9.00. The van der Waals surface area contributed by atoms with Crippen molar-refractivity contribution in [3.63, 3.8) is 0 Å². The summed E-state index contributed by atoms with van der Waals surface area (Å²) in [4.78, 5) is 3.70. The van der Waals surface area contributed by atoms with Crippen LogP contribution in [-0.2, 0) is 9.84 Å². The molecule has 1 saturated heterocycles. The third kappa shape index (κ3) is 1.93. The van der Waals surface area contributed by atoms with Gasteiger partial charge in [-0.2, -0.15) is 0 Å². The normalized spacial score (nSPS) is 25.3. The minimum atomic E-state index is -2.87. The molecule has 1 rings (SSSR count). The van der Waals surface area contributed by atoms with Crippen LogP contribution in [0.4, 0.5) is 0 Å². The molecule has 1 heterocycles. The fourth-order valence-corrected chi connectivity index (χ4v) is 3.41. The van der Waals surface area contributed by atoms with Crippen molar-refractivity contribution in [1.82, 2.24) is 0 Å². The molecule has 0 N–H and O–H groups in total. The van der Waals surface area contributed by atoms with Gasteiger partial charge in [0.2, 0.25) is 5.54 Å². The Balaban J connectivity index is 2.95. The van der Waals surface area contributed by atoms with E-state index in [1.807, 2.05) is 20.8 Å². The van der Waals surface area contributed by atoms with Crippen molar-refractivity contribution in [2.75, 3.05) is 11.5 Å². The molecule has 0 unspecified atom stereocenters. The van der Waals surface area contributed by atoms with Gasteiger partial charge in [0.1, 0.15) is 0 Å². The molecule has 0 aromatic heterocycles. The molecule has 0 saturated carbocycles. The second-order valence-corrected chi connectivity index (χ2v) is 7.35. The minimum Gasteiger partial charge on any atom is -0.310 e. The van der Waals surface area contributed by atoms with Gasteiger partial charge in [0, 0.05) is 18.3 Å². The topological polar surface area (TPSA) is 38.5 Å². The third-order valence-corrected chi connectivity index (χ3v) is 4.92. The first-order chi connectivity index (χ1) is 6.22. The standard InChI is InChI=1S/C10H17NO2S/c1-9(2,3)10(11-4)5-7-14(12,13)8-6-10/h5-8H2,1-3H3.